The first kappa shape index (κ1) is 17.3. The van der Waals surface area contributed by atoms with Crippen LogP contribution in [0.3, 0.4) is 0 Å². The Morgan fingerprint density at radius 1 is 1.40 bits per heavy atom. The Balaban J connectivity index is 1.64. The molecule has 1 saturated carbocycles. The molecule has 1 saturated heterocycles. The number of benzene rings is 1. The molecule has 1 aromatic carbocycles. The molecule has 0 spiro atoms. The second kappa shape index (κ2) is 6.38. The van der Waals surface area contributed by atoms with Crippen LogP contribution in [-0.4, -0.2) is 41.9 Å². The lowest BCUT2D eigenvalue weighted by molar-refractivity contribution is -0.135. The number of carbonyl (C=O) groups excluding carboxylic acids is 3. The van der Waals surface area contributed by atoms with Crippen molar-refractivity contribution in [3.63, 3.8) is 0 Å². The van der Waals surface area contributed by atoms with Crippen molar-refractivity contribution in [1.29, 1.82) is 0 Å². The zero-order valence-electron chi connectivity index (χ0n) is 14.7. The number of methoxy groups -OCH3 is 1. The molecule has 25 heavy (non-hydrogen) atoms. The number of rotatable bonds is 6. The summed E-state index contributed by atoms with van der Waals surface area (Å²) in [6.07, 6.45) is 1.85. The standard InChI is InChI=1S/C18H23N3O4/c1-11(13-6-4-5-7-14(13)25-3)19-15(22)10-21-16(23)18(2,12-8-9-12)20-17(21)24/h4-7,11-12H,8-10H2,1-3H3,(H,19,22)(H,20,24). The number of hydrogen-bond acceptors (Lipinski definition) is 4. The first-order chi connectivity index (χ1) is 11.9. The molecule has 7 heteroatoms. The maximum absolute atomic E-state index is 12.6. The number of imide groups is 1. The van der Waals surface area contributed by atoms with Gasteiger partial charge in [-0.25, -0.2) is 4.79 Å². The van der Waals surface area contributed by atoms with Gasteiger partial charge < -0.3 is 15.4 Å². The summed E-state index contributed by atoms with van der Waals surface area (Å²) in [4.78, 5) is 38.0. The van der Waals surface area contributed by atoms with Gasteiger partial charge in [0.15, 0.2) is 0 Å². The van der Waals surface area contributed by atoms with Crippen molar-refractivity contribution in [2.45, 2.75) is 38.3 Å². The van der Waals surface area contributed by atoms with Crippen molar-refractivity contribution in [2.24, 2.45) is 5.92 Å². The van der Waals surface area contributed by atoms with Crippen LogP contribution in [0.5, 0.6) is 5.75 Å². The normalized spacial score (nSPS) is 24.0. The van der Waals surface area contributed by atoms with E-state index in [0.29, 0.717) is 5.75 Å². The van der Waals surface area contributed by atoms with Crippen LogP contribution in [0.1, 0.15) is 38.3 Å². The SMILES string of the molecule is COc1ccccc1C(C)NC(=O)CN1C(=O)NC(C)(C2CC2)C1=O. The Morgan fingerprint density at radius 3 is 2.72 bits per heavy atom. The minimum Gasteiger partial charge on any atom is -0.496 e. The maximum atomic E-state index is 12.6. The fraction of sp³-hybridized carbons (Fsp3) is 0.500. The van der Waals surface area contributed by atoms with E-state index in [4.69, 9.17) is 4.74 Å². The lowest BCUT2D eigenvalue weighted by atomic mass is 9.96. The third kappa shape index (κ3) is 3.18. The fourth-order valence-electron chi connectivity index (χ4n) is 3.33. The van der Waals surface area contributed by atoms with Gasteiger partial charge in [0.25, 0.3) is 5.91 Å². The summed E-state index contributed by atoms with van der Waals surface area (Å²) in [5, 5.41) is 5.56. The van der Waals surface area contributed by atoms with Gasteiger partial charge in [-0.2, -0.15) is 0 Å². The first-order valence-electron chi connectivity index (χ1n) is 8.43. The number of carbonyl (C=O) groups is 3. The lowest BCUT2D eigenvalue weighted by Crippen LogP contribution is -2.47. The van der Waals surface area contributed by atoms with Crippen LogP contribution in [0.15, 0.2) is 24.3 Å². The van der Waals surface area contributed by atoms with Crippen LogP contribution >= 0.6 is 0 Å². The summed E-state index contributed by atoms with van der Waals surface area (Å²) < 4.78 is 5.30. The number of para-hydroxylation sites is 1. The average molecular weight is 345 g/mol. The van der Waals surface area contributed by atoms with Crippen LogP contribution in [0.4, 0.5) is 4.79 Å². The monoisotopic (exact) mass is 345 g/mol. The minimum atomic E-state index is -0.869. The Hall–Kier alpha value is -2.57. The molecule has 3 rings (SSSR count). The van der Waals surface area contributed by atoms with Crippen molar-refractivity contribution in [2.75, 3.05) is 13.7 Å². The molecule has 0 aromatic heterocycles. The summed E-state index contributed by atoms with van der Waals surface area (Å²) in [7, 11) is 1.57. The quantitative estimate of drug-likeness (QED) is 0.767. The molecule has 2 unspecified atom stereocenters. The average Bonchev–Trinajstić information content (AvgIpc) is 3.41. The van der Waals surface area contributed by atoms with Crippen LogP contribution in [-0.2, 0) is 9.59 Å². The Kier molecular flexibility index (Phi) is 4.41. The Bertz CT molecular complexity index is 716. The molecule has 1 aliphatic heterocycles. The van der Waals surface area contributed by atoms with E-state index in [1.54, 1.807) is 14.0 Å². The van der Waals surface area contributed by atoms with Crippen LogP contribution in [0, 0.1) is 5.92 Å². The smallest absolute Gasteiger partial charge is 0.325 e. The number of hydrogen-bond donors (Lipinski definition) is 2. The molecule has 1 aliphatic carbocycles. The van der Waals surface area contributed by atoms with E-state index < -0.39 is 11.6 Å². The molecule has 2 fully saturated rings. The topological polar surface area (TPSA) is 87.7 Å². The number of urea groups is 1. The van der Waals surface area contributed by atoms with Crippen LogP contribution in [0.2, 0.25) is 0 Å². The van der Waals surface area contributed by atoms with E-state index in [2.05, 4.69) is 10.6 Å². The molecule has 2 aliphatic rings. The predicted octanol–water partition coefficient (Wildman–Crippen LogP) is 1.59. The van der Waals surface area contributed by atoms with Gasteiger partial charge in [-0.3, -0.25) is 14.5 Å². The highest BCUT2D eigenvalue weighted by Gasteiger charge is 2.56. The van der Waals surface area contributed by atoms with Gasteiger partial charge in [0, 0.05) is 5.56 Å². The van der Waals surface area contributed by atoms with Gasteiger partial charge in [0.2, 0.25) is 5.91 Å². The molecular formula is C18H23N3O4. The summed E-state index contributed by atoms with van der Waals surface area (Å²) >= 11 is 0. The second-order valence-electron chi connectivity index (χ2n) is 6.83. The van der Waals surface area contributed by atoms with Gasteiger partial charge in [0.1, 0.15) is 17.8 Å². The van der Waals surface area contributed by atoms with E-state index in [1.165, 1.54) is 0 Å². The first-order valence-corrected chi connectivity index (χ1v) is 8.43. The van der Waals surface area contributed by atoms with E-state index in [9.17, 15) is 14.4 Å². The fourth-order valence-corrected chi connectivity index (χ4v) is 3.33. The van der Waals surface area contributed by atoms with E-state index in [-0.39, 0.29) is 30.3 Å². The van der Waals surface area contributed by atoms with Gasteiger partial charge in [-0.05, 0) is 38.7 Å². The van der Waals surface area contributed by atoms with Gasteiger partial charge in [-0.1, -0.05) is 18.2 Å². The number of nitrogens with one attached hydrogen (secondary N) is 2. The highest BCUT2D eigenvalue weighted by molar-refractivity contribution is 6.09. The number of nitrogens with zero attached hydrogens (tertiary/aromatic N) is 1. The van der Waals surface area contributed by atoms with Crippen LogP contribution < -0.4 is 15.4 Å². The van der Waals surface area contributed by atoms with Gasteiger partial charge in [-0.15, -0.1) is 0 Å². The summed E-state index contributed by atoms with van der Waals surface area (Å²) in [6.45, 7) is 3.28. The maximum Gasteiger partial charge on any atom is 0.325 e. The third-order valence-corrected chi connectivity index (χ3v) is 4.98. The molecule has 2 N–H and O–H groups in total. The predicted molar refractivity (Wildman–Crippen MR) is 90.9 cm³/mol. The van der Waals surface area contributed by atoms with Gasteiger partial charge in [0.05, 0.1) is 13.2 Å². The van der Waals surface area contributed by atoms with E-state index >= 15 is 0 Å². The Labute approximate surface area is 146 Å². The zero-order valence-corrected chi connectivity index (χ0v) is 14.7. The van der Waals surface area contributed by atoms with Crippen molar-refractivity contribution in [1.82, 2.24) is 15.5 Å². The molecule has 134 valence electrons. The molecular weight excluding hydrogens is 322 g/mol. The lowest BCUT2D eigenvalue weighted by Gasteiger charge is -2.21. The highest BCUT2D eigenvalue weighted by atomic mass is 16.5. The summed E-state index contributed by atoms with van der Waals surface area (Å²) in [6, 6.07) is 6.58. The van der Waals surface area contributed by atoms with Crippen molar-refractivity contribution < 1.29 is 19.1 Å². The summed E-state index contributed by atoms with van der Waals surface area (Å²) in [5.41, 5.74) is -0.0376. The molecule has 7 nitrogen and oxygen atoms in total. The number of amides is 4. The summed E-state index contributed by atoms with van der Waals surface area (Å²) in [5.74, 6) is 0.137. The minimum absolute atomic E-state index is 0.171. The van der Waals surface area contributed by atoms with E-state index in [1.807, 2.05) is 31.2 Å². The van der Waals surface area contributed by atoms with Crippen molar-refractivity contribution in [3.8, 4) is 5.75 Å². The van der Waals surface area contributed by atoms with Crippen LogP contribution in [0.25, 0.3) is 0 Å². The molecule has 2 atom stereocenters. The molecule has 0 radical (unpaired) electrons. The molecule has 1 aromatic rings. The Morgan fingerprint density at radius 2 is 2.08 bits per heavy atom. The highest BCUT2D eigenvalue weighted by Crippen LogP contribution is 2.42. The number of ether oxygens (including phenoxy) is 1. The van der Waals surface area contributed by atoms with Crippen molar-refractivity contribution >= 4 is 17.8 Å². The second-order valence-corrected chi connectivity index (χ2v) is 6.83. The third-order valence-electron chi connectivity index (χ3n) is 4.98. The van der Waals surface area contributed by atoms with E-state index in [0.717, 1.165) is 23.3 Å². The molecule has 1 heterocycles. The zero-order chi connectivity index (χ0) is 18.2. The van der Waals surface area contributed by atoms with Gasteiger partial charge >= 0.3 is 6.03 Å². The molecule has 0 bridgehead atoms. The van der Waals surface area contributed by atoms with Crippen molar-refractivity contribution in [3.05, 3.63) is 29.8 Å². The largest absolute Gasteiger partial charge is 0.496 e. The molecule has 4 amide bonds.